The van der Waals surface area contributed by atoms with Crippen LogP contribution in [0.1, 0.15) is 34.9 Å². The first-order valence-corrected chi connectivity index (χ1v) is 7.98. The van der Waals surface area contributed by atoms with Gasteiger partial charge in [-0.3, -0.25) is 10.1 Å². The van der Waals surface area contributed by atoms with E-state index in [-0.39, 0.29) is 11.7 Å². The van der Waals surface area contributed by atoms with Gasteiger partial charge in [-0.15, -0.1) is 5.10 Å². The molecule has 7 heteroatoms. The molecule has 2 aromatic heterocycles. The van der Waals surface area contributed by atoms with Gasteiger partial charge in [0, 0.05) is 18.5 Å². The second-order valence-electron chi connectivity index (χ2n) is 5.79. The molecule has 0 unspecified atom stereocenters. The van der Waals surface area contributed by atoms with Gasteiger partial charge >= 0.3 is 0 Å². The Balaban J connectivity index is 1.56. The lowest BCUT2D eigenvalue weighted by Crippen LogP contribution is -2.14. The molecule has 3 heterocycles. The van der Waals surface area contributed by atoms with E-state index in [1.54, 1.807) is 6.92 Å². The predicted octanol–water partition coefficient (Wildman–Crippen LogP) is 2.83. The maximum Gasteiger partial charge on any atom is 0.295 e. The van der Waals surface area contributed by atoms with Crippen LogP contribution in [0.3, 0.4) is 0 Å². The molecule has 0 aliphatic carbocycles. The average Bonchev–Trinajstić information content (AvgIpc) is 3.18. The summed E-state index contributed by atoms with van der Waals surface area (Å²) in [5.74, 6) is 1.45. The number of aryl methyl sites for hydroxylation is 3. The van der Waals surface area contributed by atoms with Crippen LogP contribution in [0, 0.1) is 6.92 Å². The number of benzene rings is 1. The lowest BCUT2D eigenvalue weighted by atomic mass is 10.2. The van der Waals surface area contributed by atoms with Crippen LogP contribution in [-0.4, -0.2) is 25.7 Å². The molecule has 0 fully saturated rings. The third-order valence-corrected chi connectivity index (χ3v) is 4.02. The number of rotatable bonds is 3. The van der Waals surface area contributed by atoms with Crippen molar-refractivity contribution < 1.29 is 9.21 Å². The Morgan fingerprint density at radius 1 is 1.21 bits per heavy atom. The molecule has 1 amide bonds. The smallest absolute Gasteiger partial charge is 0.295 e. The molecule has 0 radical (unpaired) electrons. The van der Waals surface area contributed by atoms with Crippen LogP contribution in [0.25, 0.3) is 11.5 Å². The van der Waals surface area contributed by atoms with Crippen LogP contribution in [-0.2, 0) is 13.0 Å². The quantitative estimate of drug-likeness (QED) is 0.801. The van der Waals surface area contributed by atoms with Crippen LogP contribution >= 0.6 is 0 Å². The van der Waals surface area contributed by atoms with Gasteiger partial charge in [0.05, 0.1) is 5.69 Å². The number of carbonyl (C=O) groups is 1. The van der Waals surface area contributed by atoms with Crippen molar-refractivity contribution in [2.24, 2.45) is 0 Å². The normalized spacial score (nSPS) is 13.5. The van der Waals surface area contributed by atoms with E-state index in [0.717, 1.165) is 37.2 Å². The van der Waals surface area contributed by atoms with Gasteiger partial charge in [-0.2, -0.15) is 4.98 Å². The second kappa shape index (κ2) is 5.92. The fourth-order valence-corrected chi connectivity index (χ4v) is 2.81. The zero-order chi connectivity index (χ0) is 16.5. The summed E-state index contributed by atoms with van der Waals surface area (Å²) in [6, 6.07) is 9.48. The van der Waals surface area contributed by atoms with Crippen molar-refractivity contribution in [3.63, 3.8) is 0 Å². The standard InChI is InChI=1S/C17H17N5O2/c1-11-14(24-16(18-11)12-7-3-2-4-8-12)15(23)20-17-19-13-9-5-6-10-22(13)21-17/h2-4,7-8H,5-6,9-10H2,1H3,(H,20,21,23). The first-order chi connectivity index (χ1) is 11.7. The molecule has 4 rings (SSSR count). The maximum atomic E-state index is 12.5. The minimum atomic E-state index is -0.384. The second-order valence-corrected chi connectivity index (χ2v) is 5.79. The van der Waals surface area contributed by atoms with Gasteiger partial charge in [0.2, 0.25) is 17.6 Å². The number of amides is 1. The Kier molecular flexibility index (Phi) is 3.60. The average molecular weight is 323 g/mol. The SMILES string of the molecule is Cc1nc(-c2ccccc2)oc1C(=O)Nc1nc2n(n1)CCCC2. The van der Waals surface area contributed by atoms with E-state index in [0.29, 0.717) is 17.5 Å². The molecule has 0 bridgehead atoms. The van der Waals surface area contributed by atoms with Crippen molar-refractivity contribution in [3.8, 4) is 11.5 Å². The van der Waals surface area contributed by atoms with Gasteiger partial charge < -0.3 is 4.42 Å². The molecular weight excluding hydrogens is 306 g/mol. The summed E-state index contributed by atoms with van der Waals surface area (Å²) >= 11 is 0. The van der Waals surface area contributed by atoms with E-state index >= 15 is 0 Å². The highest BCUT2D eigenvalue weighted by Gasteiger charge is 2.21. The number of hydrogen-bond acceptors (Lipinski definition) is 5. The van der Waals surface area contributed by atoms with Crippen molar-refractivity contribution >= 4 is 11.9 Å². The third kappa shape index (κ3) is 2.68. The minimum Gasteiger partial charge on any atom is -0.431 e. The number of anilines is 1. The lowest BCUT2D eigenvalue weighted by Gasteiger charge is -2.09. The fraction of sp³-hybridized carbons (Fsp3) is 0.294. The van der Waals surface area contributed by atoms with Crippen LogP contribution in [0.5, 0.6) is 0 Å². The van der Waals surface area contributed by atoms with Gasteiger partial charge in [-0.05, 0) is 31.9 Å². The first kappa shape index (κ1) is 14.6. The fourth-order valence-electron chi connectivity index (χ4n) is 2.81. The van der Waals surface area contributed by atoms with E-state index in [1.165, 1.54) is 0 Å². The van der Waals surface area contributed by atoms with E-state index in [2.05, 4.69) is 20.4 Å². The van der Waals surface area contributed by atoms with E-state index in [9.17, 15) is 4.79 Å². The van der Waals surface area contributed by atoms with Crippen LogP contribution in [0.4, 0.5) is 5.95 Å². The van der Waals surface area contributed by atoms with Crippen molar-refractivity contribution in [1.29, 1.82) is 0 Å². The Morgan fingerprint density at radius 2 is 2.04 bits per heavy atom. The van der Waals surface area contributed by atoms with Crippen molar-refractivity contribution in [1.82, 2.24) is 19.7 Å². The molecule has 24 heavy (non-hydrogen) atoms. The molecule has 1 aliphatic heterocycles. The Hall–Kier alpha value is -2.96. The monoisotopic (exact) mass is 323 g/mol. The van der Waals surface area contributed by atoms with Gasteiger partial charge in [0.25, 0.3) is 5.91 Å². The zero-order valence-corrected chi connectivity index (χ0v) is 13.3. The van der Waals surface area contributed by atoms with Gasteiger partial charge in [0.1, 0.15) is 5.82 Å². The van der Waals surface area contributed by atoms with Crippen LogP contribution in [0.15, 0.2) is 34.7 Å². The number of fused-ring (bicyclic) bond motifs is 1. The number of carbonyl (C=O) groups excluding carboxylic acids is 1. The Morgan fingerprint density at radius 3 is 2.83 bits per heavy atom. The summed E-state index contributed by atoms with van der Waals surface area (Å²) in [4.78, 5) is 21.2. The summed E-state index contributed by atoms with van der Waals surface area (Å²) in [5, 5.41) is 7.03. The highest BCUT2D eigenvalue weighted by atomic mass is 16.4. The first-order valence-electron chi connectivity index (χ1n) is 7.98. The van der Waals surface area contributed by atoms with Crippen molar-refractivity contribution in [2.75, 3.05) is 5.32 Å². The molecule has 1 N–H and O–H groups in total. The Labute approximate surface area is 138 Å². The van der Waals surface area contributed by atoms with Gasteiger partial charge in [-0.25, -0.2) is 9.67 Å². The highest BCUT2D eigenvalue weighted by Crippen LogP contribution is 2.22. The van der Waals surface area contributed by atoms with Crippen LogP contribution < -0.4 is 5.32 Å². The molecular formula is C17H17N5O2. The van der Waals surface area contributed by atoms with Gasteiger partial charge in [0.15, 0.2) is 0 Å². The molecule has 7 nitrogen and oxygen atoms in total. The number of nitrogens with one attached hydrogen (secondary N) is 1. The van der Waals surface area contributed by atoms with Crippen molar-refractivity contribution in [3.05, 3.63) is 47.6 Å². The van der Waals surface area contributed by atoms with E-state index in [4.69, 9.17) is 4.42 Å². The molecule has 1 aromatic carbocycles. The number of nitrogens with zero attached hydrogens (tertiary/aromatic N) is 4. The largest absolute Gasteiger partial charge is 0.431 e. The number of oxazole rings is 1. The third-order valence-electron chi connectivity index (χ3n) is 4.02. The molecule has 0 atom stereocenters. The van der Waals surface area contributed by atoms with Crippen molar-refractivity contribution in [2.45, 2.75) is 32.7 Å². The number of hydrogen-bond donors (Lipinski definition) is 1. The molecule has 1 aliphatic rings. The number of aromatic nitrogens is 4. The van der Waals surface area contributed by atoms with Crippen LogP contribution in [0.2, 0.25) is 0 Å². The van der Waals surface area contributed by atoms with E-state index in [1.807, 2.05) is 35.0 Å². The lowest BCUT2D eigenvalue weighted by molar-refractivity contribution is 0.0995. The molecule has 3 aromatic rings. The molecule has 0 saturated carbocycles. The minimum absolute atomic E-state index is 0.182. The Bertz CT molecular complexity index is 858. The molecule has 0 saturated heterocycles. The maximum absolute atomic E-state index is 12.5. The summed E-state index contributed by atoms with van der Waals surface area (Å²) in [6.07, 6.45) is 3.08. The predicted molar refractivity (Wildman–Crippen MR) is 87.6 cm³/mol. The summed E-state index contributed by atoms with van der Waals surface area (Å²) in [6.45, 7) is 2.59. The molecule has 122 valence electrons. The molecule has 0 spiro atoms. The highest BCUT2D eigenvalue weighted by molar-refractivity contribution is 6.02. The zero-order valence-electron chi connectivity index (χ0n) is 13.3. The van der Waals surface area contributed by atoms with E-state index < -0.39 is 0 Å². The topological polar surface area (TPSA) is 85.8 Å². The summed E-state index contributed by atoms with van der Waals surface area (Å²) < 4.78 is 7.50. The summed E-state index contributed by atoms with van der Waals surface area (Å²) in [5.41, 5.74) is 1.37. The summed E-state index contributed by atoms with van der Waals surface area (Å²) in [7, 11) is 0. The van der Waals surface area contributed by atoms with Gasteiger partial charge in [-0.1, -0.05) is 18.2 Å².